The highest BCUT2D eigenvalue weighted by Crippen LogP contribution is 2.26. The Bertz CT molecular complexity index is 921. The van der Waals surface area contributed by atoms with E-state index in [1.165, 1.54) is 7.11 Å². The number of hydrogen-bond acceptors (Lipinski definition) is 5. The van der Waals surface area contributed by atoms with Crippen molar-refractivity contribution in [2.45, 2.75) is 6.92 Å². The highest BCUT2D eigenvalue weighted by atomic mass is 16.5. The SMILES string of the molecule is COC(=O)CNc1cc(C)c(C#N)c2nc3ccccc3n12. The van der Waals surface area contributed by atoms with Gasteiger partial charge in [0.1, 0.15) is 18.4 Å². The molecule has 1 N–H and O–H groups in total. The molecule has 0 fully saturated rings. The second-order valence-corrected chi connectivity index (χ2v) is 4.89. The largest absolute Gasteiger partial charge is 0.468 e. The normalized spacial score (nSPS) is 10.6. The van der Waals surface area contributed by atoms with Gasteiger partial charge < -0.3 is 10.1 Å². The lowest BCUT2D eigenvalue weighted by Gasteiger charge is -2.11. The van der Waals surface area contributed by atoms with E-state index in [1.54, 1.807) is 0 Å². The molecule has 0 amide bonds. The number of carbonyl (C=O) groups excluding carboxylic acids is 1. The van der Waals surface area contributed by atoms with E-state index in [9.17, 15) is 10.1 Å². The number of hydrogen-bond donors (Lipinski definition) is 1. The average molecular weight is 294 g/mol. The van der Waals surface area contributed by atoms with Gasteiger partial charge in [-0.2, -0.15) is 5.26 Å². The molecule has 2 heterocycles. The first kappa shape index (κ1) is 13.9. The molecule has 6 nitrogen and oxygen atoms in total. The van der Waals surface area contributed by atoms with Crippen molar-refractivity contribution in [1.29, 1.82) is 5.26 Å². The summed E-state index contributed by atoms with van der Waals surface area (Å²) in [5.74, 6) is 0.338. The molecule has 0 saturated heterocycles. The van der Waals surface area contributed by atoms with Gasteiger partial charge in [-0.3, -0.25) is 9.20 Å². The molecule has 0 saturated carbocycles. The number of anilines is 1. The Kier molecular flexibility index (Phi) is 3.39. The number of carbonyl (C=O) groups is 1. The van der Waals surface area contributed by atoms with Crippen molar-refractivity contribution >= 4 is 28.5 Å². The number of nitrogens with zero attached hydrogens (tertiary/aromatic N) is 3. The maximum Gasteiger partial charge on any atom is 0.325 e. The Balaban J connectivity index is 2.27. The standard InChI is InChI=1S/C16H14N4O2/c1-10-7-14(18-9-15(21)22-2)20-13-6-4-3-5-12(13)19-16(20)11(10)8-17/h3-7,18H,9H2,1-2H3. The summed E-state index contributed by atoms with van der Waals surface area (Å²) in [5.41, 5.74) is 3.58. The number of aryl methyl sites for hydroxylation is 1. The van der Waals surface area contributed by atoms with Crippen molar-refractivity contribution in [2.24, 2.45) is 0 Å². The van der Waals surface area contributed by atoms with Crippen LogP contribution in [0.1, 0.15) is 11.1 Å². The third kappa shape index (κ3) is 2.13. The van der Waals surface area contributed by atoms with E-state index < -0.39 is 0 Å². The van der Waals surface area contributed by atoms with E-state index in [0.717, 1.165) is 16.6 Å². The number of rotatable bonds is 3. The fourth-order valence-electron chi connectivity index (χ4n) is 2.46. The van der Waals surface area contributed by atoms with Gasteiger partial charge in [-0.05, 0) is 30.7 Å². The number of nitrogens with one attached hydrogen (secondary N) is 1. The molecule has 2 aromatic heterocycles. The molecule has 3 aromatic rings. The number of nitriles is 1. The van der Waals surface area contributed by atoms with E-state index in [0.29, 0.717) is 17.0 Å². The smallest absolute Gasteiger partial charge is 0.325 e. The van der Waals surface area contributed by atoms with Gasteiger partial charge >= 0.3 is 5.97 Å². The topological polar surface area (TPSA) is 79.4 Å². The van der Waals surface area contributed by atoms with Crippen LogP contribution in [-0.4, -0.2) is 29.0 Å². The van der Waals surface area contributed by atoms with Crippen LogP contribution in [0.15, 0.2) is 30.3 Å². The van der Waals surface area contributed by atoms with E-state index in [1.807, 2.05) is 41.7 Å². The first-order valence-corrected chi connectivity index (χ1v) is 6.77. The Labute approximate surface area is 126 Å². The fraction of sp³-hybridized carbons (Fsp3) is 0.188. The van der Waals surface area contributed by atoms with Crippen LogP contribution in [0.3, 0.4) is 0 Å². The molecule has 110 valence electrons. The Hall–Kier alpha value is -3.07. The van der Waals surface area contributed by atoms with Crippen LogP contribution in [0.2, 0.25) is 0 Å². The molecule has 0 aliphatic carbocycles. The number of ether oxygens (including phenoxy) is 1. The molecule has 22 heavy (non-hydrogen) atoms. The molecule has 0 unspecified atom stereocenters. The molecule has 0 spiro atoms. The number of aromatic nitrogens is 2. The number of fused-ring (bicyclic) bond motifs is 3. The summed E-state index contributed by atoms with van der Waals surface area (Å²) >= 11 is 0. The molecule has 0 bridgehead atoms. The van der Waals surface area contributed by atoms with Gasteiger partial charge in [0.05, 0.1) is 23.7 Å². The number of benzene rings is 1. The van der Waals surface area contributed by atoms with Crippen LogP contribution in [0.4, 0.5) is 5.82 Å². The number of pyridine rings is 1. The molecular formula is C16H14N4O2. The lowest BCUT2D eigenvalue weighted by molar-refractivity contribution is -0.138. The summed E-state index contributed by atoms with van der Waals surface area (Å²) < 4.78 is 6.50. The molecule has 0 radical (unpaired) electrons. The van der Waals surface area contributed by atoms with Crippen molar-refractivity contribution in [3.8, 4) is 6.07 Å². The average Bonchev–Trinajstić information content (AvgIpc) is 2.91. The van der Waals surface area contributed by atoms with Gasteiger partial charge in [-0.25, -0.2) is 4.98 Å². The Morgan fingerprint density at radius 1 is 1.45 bits per heavy atom. The van der Waals surface area contributed by atoms with Gasteiger partial charge in [-0.15, -0.1) is 0 Å². The van der Waals surface area contributed by atoms with E-state index >= 15 is 0 Å². The van der Waals surface area contributed by atoms with Gasteiger partial charge in [0, 0.05) is 0 Å². The molecule has 6 heteroatoms. The summed E-state index contributed by atoms with van der Waals surface area (Å²) in [6.07, 6.45) is 0. The fourth-order valence-corrected chi connectivity index (χ4v) is 2.46. The van der Waals surface area contributed by atoms with Crippen LogP contribution in [0.5, 0.6) is 0 Å². The molecule has 3 rings (SSSR count). The van der Waals surface area contributed by atoms with Gasteiger partial charge in [0.15, 0.2) is 5.65 Å². The van der Waals surface area contributed by atoms with Gasteiger partial charge in [0.2, 0.25) is 0 Å². The van der Waals surface area contributed by atoms with E-state index in [4.69, 9.17) is 0 Å². The minimum atomic E-state index is -0.361. The summed E-state index contributed by atoms with van der Waals surface area (Å²) in [6, 6.07) is 11.7. The summed E-state index contributed by atoms with van der Waals surface area (Å²) in [6.45, 7) is 1.89. The first-order chi connectivity index (χ1) is 10.7. The summed E-state index contributed by atoms with van der Waals surface area (Å²) in [5, 5.41) is 12.4. The van der Waals surface area contributed by atoms with Crippen molar-refractivity contribution in [3.63, 3.8) is 0 Å². The third-order valence-corrected chi connectivity index (χ3v) is 3.53. The minimum Gasteiger partial charge on any atom is -0.468 e. The maximum absolute atomic E-state index is 11.4. The second-order valence-electron chi connectivity index (χ2n) is 4.89. The molecule has 0 atom stereocenters. The molecular weight excluding hydrogens is 280 g/mol. The first-order valence-electron chi connectivity index (χ1n) is 6.77. The zero-order valence-corrected chi connectivity index (χ0v) is 12.3. The highest BCUT2D eigenvalue weighted by molar-refractivity contribution is 5.85. The van der Waals surface area contributed by atoms with Crippen molar-refractivity contribution in [1.82, 2.24) is 9.38 Å². The molecule has 1 aromatic carbocycles. The predicted octanol–water partition coefficient (Wildman–Crippen LogP) is 2.25. The number of imidazole rings is 1. The van der Waals surface area contributed by atoms with Crippen LogP contribution >= 0.6 is 0 Å². The lowest BCUT2D eigenvalue weighted by atomic mass is 10.1. The second kappa shape index (κ2) is 5.37. The van der Waals surface area contributed by atoms with Gasteiger partial charge in [-0.1, -0.05) is 12.1 Å². The quantitative estimate of drug-likeness (QED) is 0.749. The van der Waals surface area contributed by atoms with E-state index in [2.05, 4.69) is 21.1 Å². The molecule has 0 aliphatic heterocycles. The zero-order chi connectivity index (χ0) is 15.7. The summed E-state index contributed by atoms with van der Waals surface area (Å²) in [7, 11) is 1.34. The van der Waals surface area contributed by atoms with Crippen LogP contribution in [-0.2, 0) is 9.53 Å². The van der Waals surface area contributed by atoms with Crippen molar-refractivity contribution < 1.29 is 9.53 Å². The van der Waals surface area contributed by atoms with Crippen molar-refractivity contribution in [3.05, 3.63) is 41.5 Å². The number of methoxy groups -OCH3 is 1. The zero-order valence-electron chi connectivity index (χ0n) is 12.3. The number of esters is 1. The monoisotopic (exact) mass is 294 g/mol. The highest BCUT2D eigenvalue weighted by Gasteiger charge is 2.15. The predicted molar refractivity (Wildman–Crippen MR) is 82.7 cm³/mol. The minimum absolute atomic E-state index is 0.0451. The van der Waals surface area contributed by atoms with Gasteiger partial charge in [0.25, 0.3) is 0 Å². The van der Waals surface area contributed by atoms with Crippen LogP contribution in [0, 0.1) is 18.3 Å². The molecule has 0 aliphatic rings. The maximum atomic E-state index is 11.4. The van der Waals surface area contributed by atoms with Crippen LogP contribution in [0.25, 0.3) is 16.7 Å². The number of para-hydroxylation sites is 2. The van der Waals surface area contributed by atoms with Crippen LogP contribution < -0.4 is 5.32 Å². The Morgan fingerprint density at radius 3 is 2.95 bits per heavy atom. The summed E-state index contributed by atoms with van der Waals surface area (Å²) in [4.78, 5) is 15.9. The third-order valence-electron chi connectivity index (χ3n) is 3.53. The lowest BCUT2D eigenvalue weighted by Crippen LogP contribution is -2.17. The van der Waals surface area contributed by atoms with E-state index in [-0.39, 0.29) is 12.5 Å². The Morgan fingerprint density at radius 2 is 2.23 bits per heavy atom. The van der Waals surface area contributed by atoms with Crippen molar-refractivity contribution in [2.75, 3.05) is 19.0 Å².